The van der Waals surface area contributed by atoms with Gasteiger partial charge in [-0.05, 0) is 38.1 Å². The average molecular weight is 363 g/mol. The number of pyridine rings is 1. The number of anilines is 1. The molecule has 0 spiro atoms. The number of aromatic nitrogens is 1. The summed E-state index contributed by atoms with van der Waals surface area (Å²) in [5.74, 6) is -2.53. The SMILES string of the molecule is COc1cc(Oc2nc(N3C(=O)NC(C)(C)C3=O)ccc2F)ccc1F. The van der Waals surface area contributed by atoms with Crippen LogP contribution in [0.3, 0.4) is 0 Å². The van der Waals surface area contributed by atoms with Gasteiger partial charge in [0.1, 0.15) is 17.1 Å². The second-order valence-electron chi connectivity index (χ2n) is 6.05. The van der Waals surface area contributed by atoms with Gasteiger partial charge in [-0.25, -0.2) is 18.5 Å². The van der Waals surface area contributed by atoms with Crippen molar-refractivity contribution >= 4 is 17.8 Å². The quantitative estimate of drug-likeness (QED) is 0.845. The molecular formula is C17H15F2N3O4. The van der Waals surface area contributed by atoms with E-state index in [4.69, 9.17) is 9.47 Å². The zero-order valence-corrected chi connectivity index (χ0v) is 14.2. The van der Waals surface area contributed by atoms with Crippen molar-refractivity contribution in [3.63, 3.8) is 0 Å². The highest BCUT2D eigenvalue weighted by Crippen LogP contribution is 2.30. The van der Waals surface area contributed by atoms with Gasteiger partial charge in [0, 0.05) is 6.07 Å². The first kappa shape index (κ1) is 17.6. The van der Waals surface area contributed by atoms with Crippen molar-refractivity contribution in [3.05, 3.63) is 42.0 Å². The van der Waals surface area contributed by atoms with Crippen LogP contribution in [0.2, 0.25) is 0 Å². The summed E-state index contributed by atoms with van der Waals surface area (Å²) in [6, 6.07) is 5.11. The minimum atomic E-state index is -1.10. The second kappa shape index (κ2) is 6.25. The van der Waals surface area contributed by atoms with Crippen LogP contribution in [0.4, 0.5) is 19.4 Å². The molecule has 1 aliphatic heterocycles. The average Bonchev–Trinajstić information content (AvgIpc) is 2.79. The monoisotopic (exact) mass is 363 g/mol. The molecule has 1 N–H and O–H groups in total. The molecule has 2 heterocycles. The van der Waals surface area contributed by atoms with Gasteiger partial charge in [0.2, 0.25) is 0 Å². The van der Waals surface area contributed by atoms with Crippen molar-refractivity contribution < 1.29 is 27.8 Å². The topological polar surface area (TPSA) is 80.8 Å². The molecule has 0 radical (unpaired) electrons. The van der Waals surface area contributed by atoms with Crippen LogP contribution in [0, 0.1) is 11.6 Å². The first-order chi connectivity index (χ1) is 12.2. The van der Waals surface area contributed by atoms with E-state index in [1.54, 1.807) is 13.8 Å². The predicted molar refractivity (Wildman–Crippen MR) is 87.3 cm³/mol. The van der Waals surface area contributed by atoms with Crippen LogP contribution in [0.1, 0.15) is 13.8 Å². The number of benzene rings is 1. The van der Waals surface area contributed by atoms with Crippen molar-refractivity contribution in [2.75, 3.05) is 12.0 Å². The summed E-state index contributed by atoms with van der Waals surface area (Å²) in [4.78, 5) is 29.1. The summed E-state index contributed by atoms with van der Waals surface area (Å²) < 4.78 is 37.7. The summed E-state index contributed by atoms with van der Waals surface area (Å²) in [5, 5.41) is 2.50. The third kappa shape index (κ3) is 3.03. The Hall–Kier alpha value is -3.23. The Labute approximate surface area is 147 Å². The highest BCUT2D eigenvalue weighted by atomic mass is 19.1. The molecule has 1 aromatic heterocycles. The summed E-state index contributed by atoms with van der Waals surface area (Å²) in [5.41, 5.74) is -1.10. The zero-order valence-electron chi connectivity index (χ0n) is 14.2. The molecular weight excluding hydrogens is 348 g/mol. The van der Waals surface area contributed by atoms with Gasteiger partial charge in [-0.2, -0.15) is 4.98 Å². The molecule has 7 nitrogen and oxygen atoms in total. The molecule has 26 heavy (non-hydrogen) atoms. The molecule has 2 aromatic rings. The largest absolute Gasteiger partial charge is 0.494 e. The number of halogens is 2. The molecule has 3 amide bonds. The van der Waals surface area contributed by atoms with Crippen LogP contribution < -0.4 is 19.7 Å². The minimum Gasteiger partial charge on any atom is -0.494 e. The van der Waals surface area contributed by atoms with Crippen LogP contribution >= 0.6 is 0 Å². The van der Waals surface area contributed by atoms with Gasteiger partial charge in [0.25, 0.3) is 11.8 Å². The molecule has 1 saturated heterocycles. The third-order valence-corrected chi connectivity index (χ3v) is 3.73. The van der Waals surface area contributed by atoms with Crippen LogP contribution in [0.25, 0.3) is 0 Å². The molecule has 0 unspecified atom stereocenters. The fourth-order valence-electron chi connectivity index (χ4n) is 2.38. The Morgan fingerprint density at radius 2 is 1.81 bits per heavy atom. The van der Waals surface area contributed by atoms with Crippen LogP contribution in [-0.4, -0.2) is 29.6 Å². The zero-order chi connectivity index (χ0) is 19.1. The minimum absolute atomic E-state index is 0.0735. The van der Waals surface area contributed by atoms with E-state index in [9.17, 15) is 18.4 Å². The summed E-state index contributed by atoms with van der Waals surface area (Å²) in [6.07, 6.45) is 0. The molecule has 3 rings (SSSR count). The number of hydrogen-bond acceptors (Lipinski definition) is 5. The van der Waals surface area contributed by atoms with Gasteiger partial charge in [-0.15, -0.1) is 0 Å². The van der Waals surface area contributed by atoms with Crippen molar-refractivity contribution in [3.8, 4) is 17.4 Å². The van der Waals surface area contributed by atoms with Gasteiger partial charge in [-0.1, -0.05) is 0 Å². The lowest BCUT2D eigenvalue weighted by molar-refractivity contribution is -0.121. The van der Waals surface area contributed by atoms with E-state index in [0.717, 1.165) is 17.0 Å². The van der Waals surface area contributed by atoms with Crippen LogP contribution in [0.5, 0.6) is 17.4 Å². The second-order valence-corrected chi connectivity index (χ2v) is 6.05. The normalized spacial score (nSPS) is 15.8. The standard InChI is InChI=1S/C17H15F2N3O4/c1-17(2)15(23)22(16(24)21-17)13-7-6-11(19)14(20-13)26-9-4-5-10(18)12(8-9)25-3/h4-8H,1-3H3,(H,21,24). The van der Waals surface area contributed by atoms with E-state index >= 15 is 0 Å². The molecule has 0 atom stereocenters. The number of amides is 3. The van der Waals surface area contributed by atoms with Crippen LogP contribution in [-0.2, 0) is 4.79 Å². The number of rotatable bonds is 4. The first-order valence-electron chi connectivity index (χ1n) is 7.57. The molecule has 9 heteroatoms. The smallest absolute Gasteiger partial charge is 0.330 e. The highest BCUT2D eigenvalue weighted by molar-refractivity contribution is 6.22. The summed E-state index contributed by atoms with van der Waals surface area (Å²) in [6.45, 7) is 3.08. The Morgan fingerprint density at radius 3 is 2.42 bits per heavy atom. The number of carbonyl (C=O) groups excluding carboxylic acids is 2. The highest BCUT2D eigenvalue weighted by Gasteiger charge is 2.45. The summed E-state index contributed by atoms with van der Waals surface area (Å²) >= 11 is 0. The summed E-state index contributed by atoms with van der Waals surface area (Å²) in [7, 11) is 1.28. The van der Waals surface area contributed by atoms with E-state index in [2.05, 4.69) is 10.3 Å². The third-order valence-electron chi connectivity index (χ3n) is 3.73. The van der Waals surface area contributed by atoms with E-state index in [1.807, 2.05) is 0 Å². The van der Waals surface area contributed by atoms with Crippen molar-refractivity contribution in [1.82, 2.24) is 10.3 Å². The number of methoxy groups -OCH3 is 1. The lowest BCUT2D eigenvalue weighted by Gasteiger charge is -2.16. The fourth-order valence-corrected chi connectivity index (χ4v) is 2.38. The molecule has 0 aliphatic carbocycles. The van der Waals surface area contributed by atoms with Gasteiger partial charge < -0.3 is 14.8 Å². The van der Waals surface area contributed by atoms with Crippen molar-refractivity contribution in [2.45, 2.75) is 19.4 Å². The maximum atomic E-state index is 14.1. The van der Waals surface area contributed by atoms with Gasteiger partial charge in [-0.3, -0.25) is 4.79 Å². The number of ether oxygens (including phenoxy) is 2. The Kier molecular flexibility index (Phi) is 4.23. The molecule has 0 saturated carbocycles. The van der Waals surface area contributed by atoms with E-state index in [1.165, 1.54) is 25.3 Å². The number of carbonyl (C=O) groups is 2. The number of imide groups is 1. The van der Waals surface area contributed by atoms with Crippen LogP contribution in [0.15, 0.2) is 30.3 Å². The molecule has 1 fully saturated rings. The number of hydrogen-bond donors (Lipinski definition) is 1. The predicted octanol–water partition coefficient (Wildman–Crippen LogP) is 3.00. The number of nitrogens with one attached hydrogen (secondary N) is 1. The lowest BCUT2D eigenvalue weighted by Crippen LogP contribution is -2.40. The Bertz CT molecular complexity index is 902. The van der Waals surface area contributed by atoms with Gasteiger partial charge in [0.05, 0.1) is 7.11 Å². The van der Waals surface area contributed by atoms with Gasteiger partial charge >= 0.3 is 6.03 Å². The van der Waals surface area contributed by atoms with Crippen molar-refractivity contribution in [2.24, 2.45) is 0 Å². The van der Waals surface area contributed by atoms with Gasteiger partial charge in [0.15, 0.2) is 17.4 Å². The molecule has 136 valence electrons. The van der Waals surface area contributed by atoms with Crippen molar-refractivity contribution in [1.29, 1.82) is 0 Å². The number of urea groups is 1. The fraction of sp³-hybridized carbons (Fsp3) is 0.235. The molecule has 0 bridgehead atoms. The Balaban J connectivity index is 1.94. The Morgan fingerprint density at radius 1 is 1.12 bits per heavy atom. The molecule has 1 aromatic carbocycles. The van der Waals surface area contributed by atoms with E-state index in [0.29, 0.717) is 0 Å². The first-order valence-corrected chi connectivity index (χ1v) is 7.57. The molecule has 1 aliphatic rings. The van der Waals surface area contributed by atoms with E-state index in [-0.39, 0.29) is 17.3 Å². The lowest BCUT2D eigenvalue weighted by atomic mass is 10.1. The number of nitrogens with zero attached hydrogens (tertiary/aromatic N) is 2. The maximum absolute atomic E-state index is 14.1. The maximum Gasteiger partial charge on any atom is 0.330 e. The van der Waals surface area contributed by atoms with E-state index < -0.39 is 35.0 Å².